The van der Waals surface area contributed by atoms with Crippen LogP contribution in [0.3, 0.4) is 0 Å². The fourth-order valence-electron chi connectivity index (χ4n) is 1.50. The summed E-state index contributed by atoms with van der Waals surface area (Å²) in [5.41, 5.74) is 2.05. The van der Waals surface area contributed by atoms with Gasteiger partial charge < -0.3 is 10.2 Å². The van der Waals surface area contributed by atoms with Gasteiger partial charge in [0, 0.05) is 24.7 Å². The zero-order valence-electron chi connectivity index (χ0n) is 8.30. The number of nitrogens with zero attached hydrogens (tertiary/aromatic N) is 1. The van der Waals surface area contributed by atoms with Crippen LogP contribution in [0.2, 0.25) is 0 Å². The Morgan fingerprint density at radius 3 is 2.80 bits per heavy atom. The molecule has 0 spiro atoms. The van der Waals surface area contributed by atoms with E-state index in [1.807, 2.05) is 24.3 Å². The van der Waals surface area contributed by atoms with Crippen molar-refractivity contribution in [2.45, 2.75) is 18.6 Å². The Morgan fingerprint density at radius 2 is 2.20 bits per heavy atom. The van der Waals surface area contributed by atoms with Crippen molar-refractivity contribution in [3.05, 3.63) is 53.9 Å². The molecule has 0 saturated heterocycles. The summed E-state index contributed by atoms with van der Waals surface area (Å²) >= 11 is 0. The summed E-state index contributed by atoms with van der Waals surface area (Å²) in [7, 11) is 0. The number of pyridine rings is 1. The van der Waals surface area contributed by atoms with Crippen LogP contribution in [0, 0.1) is 0 Å². The fourth-order valence-corrected chi connectivity index (χ4v) is 1.50. The Morgan fingerprint density at radius 1 is 1.33 bits per heavy atom. The minimum atomic E-state index is -1.67. The molecule has 0 atom stereocenters. The van der Waals surface area contributed by atoms with Gasteiger partial charge in [0.15, 0.2) is 5.79 Å². The highest BCUT2D eigenvalue weighted by Gasteiger charge is 2.20. The third-order valence-electron chi connectivity index (χ3n) is 2.34. The van der Waals surface area contributed by atoms with Gasteiger partial charge in [0.25, 0.3) is 0 Å². The number of hydrogen-bond donors (Lipinski definition) is 2. The Kier molecular flexibility index (Phi) is 2.66. The van der Waals surface area contributed by atoms with Crippen LogP contribution < -0.4 is 0 Å². The molecule has 0 aliphatic heterocycles. The Bertz CT molecular complexity index is 393. The minimum Gasteiger partial charge on any atom is -0.362 e. The summed E-state index contributed by atoms with van der Waals surface area (Å²) in [5, 5.41) is 18.5. The van der Waals surface area contributed by atoms with Crippen LogP contribution in [0.15, 0.2) is 48.2 Å². The molecule has 3 heteroatoms. The largest absolute Gasteiger partial charge is 0.362 e. The number of hydrogen-bond acceptors (Lipinski definition) is 3. The summed E-state index contributed by atoms with van der Waals surface area (Å²) in [5.74, 6) is -1.67. The maximum atomic E-state index is 9.27. The van der Waals surface area contributed by atoms with Crippen LogP contribution >= 0.6 is 0 Å². The van der Waals surface area contributed by atoms with Gasteiger partial charge in [-0.1, -0.05) is 18.2 Å². The molecule has 0 saturated carbocycles. The van der Waals surface area contributed by atoms with Gasteiger partial charge in [-0.25, -0.2) is 0 Å². The van der Waals surface area contributed by atoms with Crippen molar-refractivity contribution >= 4 is 0 Å². The summed E-state index contributed by atoms with van der Waals surface area (Å²) < 4.78 is 0. The van der Waals surface area contributed by atoms with Gasteiger partial charge in [-0.15, -0.1) is 0 Å². The van der Waals surface area contributed by atoms with Crippen molar-refractivity contribution in [3.8, 4) is 0 Å². The zero-order valence-corrected chi connectivity index (χ0v) is 8.30. The van der Waals surface area contributed by atoms with Gasteiger partial charge >= 0.3 is 0 Å². The third kappa shape index (κ3) is 2.75. The summed E-state index contributed by atoms with van der Waals surface area (Å²) in [6, 6.07) is 5.77. The van der Waals surface area contributed by atoms with E-state index in [1.54, 1.807) is 12.3 Å². The van der Waals surface area contributed by atoms with E-state index in [4.69, 9.17) is 0 Å². The van der Waals surface area contributed by atoms with Gasteiger partial charge in [-0.05, 0) is 23.8 Å². The van der Waals surface area contributed by atoms with E-state index < -0.39 is 5.79 Å². The minimum absolute atomic E-state index is 0.242. The summed E-state index contributed by atoms with van der Waals surface area (Å²) in [6.45, 7) is 0. The average Bonchev–Trinajstić information content (AvgIpc) is 2.23. The number of aromatic nitrogens is 1. The number of allylic oxidation sites excluding steroid dienone is 2. The van der Waals surface area contributed by atoms with Gasteiger partial charge in [-0.3, -0.25) is 4.98 Å². The quantitative estimate of drug-likeness (QED) is 0.710. The molecule has 0 amide bonds. The monoisotopic (exact) mass is 203 g/mol. The first-order chi connectivity index (χ1) is 7.16. The number of aliphatic hydroxyl groups is 2. The molecular weight excluding hydrogens is 190 g/mol. The second-order valence-electron chi connectivity index (χ2n) is 3.69. The molecule has 2 N–H and O–H groups in total. The summed E-state index contributed by atoms with van der Waals surface area (Å²) in [4.78, 5) is 4.21. The van der Waals surface area contributed by atoms with Crippen LogP contribution in [-0.2, 0) is 6.42 Å². The number of rotatable bonds is 2. The molecule has 0 fully saturated rings. The van der Waals surface area contributed by atoms with Gasteiger partial charge in [0.1, 0.15) is 0 Å². The second-order valence-corrected chi connectivity index (χ2v) is 3.69. The molecule has 3 nitrogen and oxygen atoms in total. The van der Waals surface area contributed by atoms with E-state index in [0.717, 1.165) is 17.7 Å². The highest BCUT2D eigenvalue weighted by Crippen LogP contribution is 2.19. The lowest BCUT2D eigenvalue weighted by molar-refractivity contribution is -0.115. The lowest BCUT2D eigenvalue weighted by Crippen LogP contribution is -2.25. The van der Waals surface area contributed by atoms with Crippen molar-refractivity contribution < 1.29 is 10.2 Å². The maximum absolute atomic E-state index is 9.27. The first-order valence-corrected chi connectivity index (χ1v) is 4.89. The first kappa shape index (κ1) is 10.1. The van der Waals surface area contributed by atoms with E-state index >= 15 is 0 Å². The molecule has 1 aromatic rings. The Balaban J connectivity index is 2.04. The second kappa shape index (κ2) is 3.96. The lowest BCUT2D eigenvalue weighted by Gasteiger charge is -2.19. The molecule has 0 aromatic carbocycles. The van der Waals surface area contributed by atoms with Crippen LogP contribution in [0.5, 0.6) is 0 Å². The van der Waals surface area contributed by atoms with Crippen LogP contribution in [0.25, 0.3) is 0 Å². The van der Waals surface area contributed by atoms with Crippen molar-refractivity contribution in [2.75, 3.05) is 0 Å². The van der Waals surface area contributed by atoms with Crippen molar-refractivity contribution in [1.82, 2.24) is 4.98 Å². The average molecular weight is 203 g/mol. The Labute approximate surface area is 88.4 Å². The Hall–Kier alpha value is -1.45. The van der Waals surface area contributed by atoms with E-state index in [9.17, 15) is 10.2 Å². The van der Waals surface area contributed by atoms with Crippen LogP contribution in [-0.4, -0.2) is 21.0 Å². The molecule has 1 heterocycles. The summed E-state index contributed by atoms with van der Waals surface area (Å²) in [6.07, 6.45) is 7.70. The molecule has 1 aromatic heterocycles. The predicted molar refractivity (Wildman–Crippen MR) is 56.9 cm³/mol. The van der Waals surface area contributed by atoms with E-state index in [-0.39, 0.29) is 6.42 Å². The van der Waals surface area contributed by atoms with Gasteiger partial charge in [0.2, 0.25) is 0 Å². The van der Waals surface area contributed by atoms with Gasteiger partial charge in [-0.2, -0.15) is 0 Å². The molecule has 1 aliphatic carbocycles. The SMILES string of the molecule is OC1(O)C=CC(Cc2ccccn2)=CC1. The molecule has 2 rings (SSSR count). The predicted octanol–water partition coefficient (Wildman–Crippen LogP) is 1.19. The highest BCUT2D eigenvalue weighted by atomic mass is 16.5. The molecular formula is C12H13NO2. The smallest absolute Gasteiger partial charge is 0.186 e. The molecule has 1 aliphatic rings. The standard InChI is InChI=1S/C12H13NO2/c14-12(15)6-4-10(5-7-12)9-11-3-1-2-8-13-11/h1-6,8,14-15H,7,9H2. The topological polar surface area (TPSA) is 53.4 Å². The van der Waals surface area contributed by atoms with Crippen LogP contribution in [0.1, 0.15) is 12.1 Å². The fraction of sp³-hybridized carbons (Fsp3) is 0.250. The van der Waals surface area contributed by atoms with E-state index in [2.05, 4.69) is 4.98 Å². The maximum Gasteiger partial charge on any atom is 0.186 e. The van der Waals surface area contributed by atoms with Crippen molar-refractivity contribution in [3.63, 3.8) is 0 Å². The first-order valence-electron chi connectivity index (χ1n) is 4.89. The normalized spacial score (nSPS) is 18.7. The third-order valence-corrected chi connectivity index (χ3v) is 2.34. The van der Waals surface area contributed by atoms with Gasteiger partial charge in [0.05, 0.1) is 0 Å². The highest BCUT2D eigenvalue weighted by molar-refractivity contribution is 5.29. The van der Waals surface area contributed by atoms with E-state index in [0.29, 0.717) is 0 Å². The molecule has 0 radical (unpaired) electrons. The molecule has 0 bridgehead atoms. The lowest BCUT2D eigenvalue weighted by atomic mass is 9.99. The molecule has 15 heavy (non-hydrogen) atoms. The van der Waals surface area contributed by atoms with Crippen LogP contribution in [0.4, 0.5) is 0 Å². The van der Waals surface area contributed by atoms with E-state index in [1.165, 1.54) is 6.08 Å². The van der Waals surface area contributed by atoms with Crippen molar-refractivity contribution in [2.24, 2.45) is 0 Å². The zero-order chi connectivity index (χ0) is 10.7. The van der Waals surface area contributed by atoms with Crippen molar-refractivity contribution in [1.29, 1.82) is 0 Å². The molecule has 0 unspecified atom stereocenters. The molecule has 78 valence electrons.